The van der Waals surface area contributed by atoms with Crippen LogP contribution in [0.15, 0.2) is 24.3 Å². The molecule has 0 aliphatic carbocycles. The van der Waals surface area contributed by atoms with Crippen LogP contribution in [0.2, 0.25) is 0 Å². The summed E-state index contributed by atoms with van der Waals surface area (Å²) in [6.07, 6.45) is 0.872. The maximum Gasteiger partial charge on any atom is 0.488 e. The van der Waals surface area contributed by atoms with E-state index in [4.69, 9.17) is 4.74 Å². The SMILES string of the molecule is CCCOc1ccc(OS(=O)(=O)F)cc1. The fourth-order valence-corrected chi connectivity index (χ4v) is 1.27. The Morgan fingerprint density at radius 3 is 2.20 bits per heavy atom. The third kappa shape index (κ3) is 4.64. The average molecular weight is 234 g/mol. The van der Waals surface area contributed by atoms with E-state index in [9.17, 15) is 12.3 Å². The van der Waals surface area contributed by atoms with Crippen molar-refractivity contribution in [3.63, 3.8) is 0 Å². The van der Waals surface area contributed by atoms with Crippen LogP contribution < -0.4 is 8.92 Å². The third-order valence-corrected chi connectivity index (χ3v) is 1.88. The molecule has 0 aliphatic rings. The van der Waals surface area contributed by atoms with Gasteiger partial charge in [0.1, 0.15) is 11.5 Å². The summed E-state index contributed by atoms with van der Waals surface area (Å²) in [6.45, 7) is 2.54. The zero-order valence-electron chi connectivity index (χ0n) is 8.14. The maximum absolute atomic E-state index is 12.1. The van der Waals surface area contributed by atoms with Crippen molar-refractivity contribution in [2.75, 3.05) is 6.61 Å². The number of benzene rings is 1. The molecule has 0 saturated carbocycles. The number of ether oxygens (including phenoxy) is 1. The van der Waals surface area contributed by atoms with Gasteiger partial charge in [-0.05, 0) is 30.7 Å². The minimum absolute atomic E-state index is 0.0821. The largest absolute Gasteiger partial charge is 0.494 e. The Morgan fingerprint density at radius 2 is 1.73 bits per heavy atom. The number of hydrogen-bond acceptors (Lipinski definition) is 4. The highest BCUT2D eigenvalue weighted by Crippen LogP contribution is 2.19. The third-order valence-electron chi connectivity index (χ3n) is 1.49. The first-order chi connectivity index (χ1) is 7.01. The molecule has 1 aromatic carbocycles. The van der Waals surface area contributed by atoms with Crippen molar-refractivity contribution in [2.24, 2.45) is 0 Å². The van der Waals surface area contributed by atoms with E-state index in [0.29, 0.717) is 12.4 Å². The molecule has 0 heterocycles. The second-order valence-corrected chi connectivity index (χ2v) is 3.75. The van der Waals surface area contributed by atoms with E-state index in [1.807, 2.05) is 6.92 Å². The van der Waals surface area contributed by atoms with Gasteiger partial charge in [0.15, 0.2) is 0 Å². The van der Waals surface area contributed by atoms with E-state index in [0.717, 1.165) is 6.42 Å². The molecule has 84 valence electrons. The van der Waals surface area contributed by atoms with Crippen LogP contribution in [0.25, 0.3) is 0 Å². The minimum atomic E-state index is -4.95. The van der Waals surface area contributed by atoms with Crippen LogP contribution in [0.5, 0.6) is 11.5 Å². The fraction of sp³-hybridized carbons (Fsp3) is 0.333. The van der Waals surface area contributed by atoms with Gasteiger partial charge in [0.2, 0.25) is 0 Å². The van der Waals surface area contributed by atoms with Gasteiger partial charge in [0, 0.05) is 0 Å². The van der Waals surface area contributed by atoms with Crippen molar-refractivity contribution in [3.8, 4) is 11.5 Å². The van der Waals surface area contributed by atoms with Gasteiger partial charge in [-0.2, -0.15) is 8.42 Å². The normalized spacial score (nSPS) is 11.1. The Balaban J connectivity index is 2.64. The summed E-state index contributed by atoms with van der Waals surface area (Å²) in [6, 6.07) is 5.66. The molecule has 0 unspecified atom stereocenters. The quantitative estimate of drug-likeness (QED) is 0.732. The van der Waals surface area contributed by atoms with E-state index in [-0.39, 0.29) is 5.75 Å². The summed E-state index contributed by atoms with van der Waals surface area (Å²) in [7, 11) is -4.95. The van der Waals surface area contributed by atoms with Gasteiger partial charge in [-0.1, -0.05) is 10.8 Å². The summed E-state index contributed by atoms with van der Waals surface area (Å²) in [5.41, 5.74) is 0. The Bertz CT molecular complexity index is 399. The van der Waals surface area contributed by atoms with Gasteiger partial charge in [0.05, 0.1) is 6.61 Å². The first-order valence-electron chi connectivity index (χ1n) is 4.38. The van der Waals surface area contributed by atoms with Crippen molar-refractivity contribution >= 4 is 10.5 Å². The topological polar surface area (TPSA) is 52.6 Å². The van der Waals surface area contributed by atoms with E-state index in [1.165, 1.54) is 24.3 Å². The number of rotatable bonds is 5. The van der Waals surface area contributed by atoms with Crippen molar-refractivity contribution in [2.45, 2.75) is 13.3 Å². The van der Waals surface area contributed by atoms with E-state index < -0.39 is 10.5 Å². The lowest BCUT2D eigenvalue weighted by Gasteiger charge is -2.04. The molecule has 0 radical (unpaired) electrons. The Labute approximate surface area is 88.0 Å². The van der Waals surface area contributed by atoms with Crippen molar-refractivity contribution in [1.29, 1.82) is 0 Å². The highest BCUT2D eigenvalue weighted by atomic mass is 32.3. The van der Waals surface area contributed by atoms with Crippen LogP contribution in [-0.4, -0.2) is 15.0 Å². The highest BCUT2D eigenvalue weighted by Gasteiger charge is 2.08. The number of halogens is 1. The Morgan fingerprint density at radius 1 is 1.20 bits per heavy atom. The fourth-order valence-electron chi connectivity index (χ4n) is 0.926. The molecule has 0 saturated heterocycles. The predicted octanol–water partition coefficient (Wildman–Crippen LogP) is 2.07. The Hall–Kier alpha value is -1.30. The molecule has 1 rings (SSSR count). The standard InChI is InChI=1S/C9H11FO4S/c1-2-7-13-8-3-5-9(6-4-8)14-15(10,11)12/h3-6H,2,7H2,1H3. The average Bonchev–Trinajstić information content (AvgIpc) is 2.14. The molecule has 1 aromatic rings. The van der Waals surface area contributed by atoms with E-state index >= 15 is 0 Å². The molecule has 6 heteroatoms. The maximum atomic E-state index is 12.1. The second-order valence-electron chi connectivity index (χ2n) is 2.80. The van der Waals surface area contributed by atoms with Crippen LogP contribution in [0.4, 0.5) is 3.89 Å². The van der Waals surface area contributed by atoms with Gasteiger partial charge < -0.3 is 8.92 Å². The number of hydrogen-bond donors (Lipinski definition) is 0. The predicted molar refractivity (Wildman–Crippen MR) is 52.9 cm³/mol. The lowest BCUT2D eigenvalue weighted by molar-refractivity contribution is 0.317. The van der Waals surface area contributed by atoms with Crippen LogP contribution in [0.1, 0.15) is 13.3 Å². The summed E-state index contributed by atoms with van der Waals surface area (Å²) >= 11 is 0. The van der Waals surface area contributed by atoms with Gasteiger partial charge in [-0.15, -0.1) is 0 Å². The van der Waals surface area contributed by atoms with Gasteiger partial charge in [-0.3, -0.25) is 0 Å². The zero-order valence-corrected chi connectivity index (χ0v) is 8.96. The zero-order chi connectivity index (χ0) is 11.3. The molecule has 0 amide bonds. The lowest BCUT2D eigenvalue weighted by atomic mass is 10.3. The van der Waals surface area contributed by atoms with Crippen LogP contribution in [0.3, 0.4) is 0 Å². The molecule has 4 nitrogen and oxygen atoms in total. The monoisotopic (exact) mass is 234 g/mol. The first-order valence-corrected chi connectivity index (χ1v) is 5.69. The smallest absolute Gasteiger partial charge is 0.488 e. The molecule has 0 N–H and O–H groups in total. The summed E-state index contributed by atoms with van der Waals surface area (Å²) < 4.78 is 41.6. The molecule has 0 fully saturated rings. The van der Waals surface area contributed by atoms with Crippen LogP contribution in [-0.2, 0) is 10.5 Å². The van der Waals surface area contributed by atoms with Gasteiger partial charge >= 0.3 is 10.5 Å². The lowest BCUT2D eigenvalue weighted by Crippen LogP contribution is -2.01. The van der Waals surface area contributed by atoms with Gasteiger partial charge in [0.25, 0.3) is 0 Å². The van der Waals surface area contributed by atoms with E-state index in [1.54, 1.807) is 0 Å². The summed E-state index contributed by atoms with van der Waals surface area (Å²) in [5, 5.41) is 0. The van der Waals surface area contributed by atoms with Crippen molar-refractivity contribution in [1.82, 2.24) is 0 Å². The summed E-state index contributed by atoms with van der Waals surface area (Å²) in [4.78, 5) is 0. The summed E-state index contributed by atoms with van der Waals surface area (Å²) in [5.74, 6) is 0.502. The molecule has 0 atom stereocenters. The van der Waals surface area contributed by atoms with Crippen LogP contribution >= 0.6 is 0 Å². The molecule has 0 aliphatic heterocycles. The molecule has 0 spiro atoms. The van der Waals surface area contributed by atoms with Crippen molar-refractivity contribution < 1.29 is 21.2 Å². The minimum Gasteiger partial charge on any atom is -0.494 e. The molecule has 0 bridgehead atoms. The highest BCUT2D eigenvalue weighted by molar-refractivity contribution is 7.81. The second kappa shape index (κ2) is 4.97. The van der Waals surface area contributed by atoms with E-state index in [2.05, 4.69) is 4.18 Å². The molecular weight excluding hydrogens is 223 g/mol. The first kappa shape index (κ1) is 11.8. The molecule has 15 heavy (non-hydrogen) atoms. The van der Waals surface area contributed by atoms with Gasteiger partial charge in [-0.25, -0.2) is 0 Å². The van der Waals surface area contributed by atoms with Crippen LogP contribution in [0, 0.1) is 0 Å². The van der Waals surface area contributed by atoms with Crippen molar-refractivity contribution in [3.05, 3.63) is 24.3 Å². The molecule has 0 aromatic heterocycles. The Kier molecular flexibility index (Phi) is 3.90. The molecular formula is C9H11FO4S.